The SMILES string of the molecule is CC.CO.Cc1cccc(S(=O)(=O)NCc2ccc(F)c(-c3cccc(CN4CCN(C(=O)OC(C)(C)C)CC4)c3)c2)c1. The van der Waals surface area contributed by atoms with Gasteiger partial charge in [-0.1, -0.05) is 50.2 Å². The number of rotatable bonds is 7. The molecule has 3 aromatic carbocycles. The molecule has 1 aliphatic rings. The summed E-state index contributed by atoms with van der Waals surface area (Å²) < 4.78 is 48.4. The Morgan fingerprint density at radius 2 is 1.58 bits per heavy atom. The number of aliphatic hydroxyl groups is 1. The Balaban J connectivity index is 0.00000155. The fraction of sp³-hybridized carbons (Fsp3) is 0.424. The Bertz CT molecular complexity index is 1430. The van der Waals surface area contributed by atoms with Gasteiger partial charge >= 0.3 is 6.09 Å². The van der Waals surface area contributed by atoms with Crippen molar-refractivity contribution in [2.24, 2.45) is 0 Å². The van der Waals surface area contributed by atoms with Crippen molar-refractivity contribution in [1.82, 2.24) is 14.5 Å². The van der Waals surface area contributed by atoms with E-state index in [9.17, 15) is 17.6 Å². The molecule has 1 aliphatic heterocycles. The molecule has 0 bridgehead atoms. The number of sulfonamides is 1. The third kappa shape index (κ3) is 11.0. The lowest BCUT2D eigenvalue weighted by atomic mass is 10.00. The van der Waals surface area contributed by atoms with Crippen LogP contribution < -0.4 is 4.72 Å². The summed E-state index contributed by atoms with van der Waals surface area (Å²) in [5.41, 5.74) is 3.16. The smallest absolute Gasteiger partial charge is 0.410 e. The Morgan fingerprint density at radius 3 is 2.21 bits per heavy atom. The number of nitrogens with zero attached hydrogens (tertiary/aromatic N) is 2. The highest BCUT2D eigenvalue weighted by Gasteiger charge is 2.26. The molecule has 8 nitrogen and oxygen atoms in total. The van der Waals surface area contributed by atoms with E-state index in [1.165, 1.54) is 6.07 Å². The predicted octanol–water partition coefficient (Wildman–Crippen LogP) is 5.97. The van der Waals surface area contributed by atoms with Gasteiger partial charge in [-0.25, -0.2) is 22.3 Å². The molecule has 3 aromatic rings. The van der Waals surface area contributed by atoms with Crippen molar-refractivity contribution in [3.63, 3.8) is 0 Å². The van der Waals surface area contributed by atoms with Crippen molar-refractivity contribution in [1.29, 1.82) is 0 Å². The zero-order valence-electron chi connectivity index (χ0n) is 26.4. The normalized spacial score (nSPS) is 13.7. The van der Waals surface area contributed by atoms with Gasteiger partial charge in [0.1, 0.15) is 11.4 Å². The summed E-state index contributed by atoms with van der Waals surface area (Å²) in [7, 11) is -2.69. The molecule has 1 amide bonds. The lowest BCUT2D eigenvalue weighted by Crippen LogP contribution is -2.49. The fourth-order valence-corrected chi connectivity index (χ4v) is 5.58. The second-order valence-corrected chi connectivity index (χ2v) is 12.7. The third-order valence-corrected chi connectivity index (χ3v) is 7.86. The lowest BCUT2D eigenvalue weighted by molar-refractivity contribution is 0.0139. The maximum Gasteiger partial charge on any atom is 0.410 e. The molecule has 43 heavy (non-hydrogen) atoms. The minimum Gasteiger partial charge on any atom is -0.444 e. The average molecular weight is 616 g/mol. The van der Waals surface area contributed by atoms with Crippen LogP contribution in [0.15, 0.2) is 71.6 Å². The van der Waals surface area contributed by atoms with E-state index in [2.05, 4.69) is 9.62 Å². The number of hydrogen-bond acceptors (Lipinski definition) is 6. The Hall–Kier alpha value is -3.31. The Kier molecular flexibility index (Phi) is 13.8. The Morgan fingerprint density at radius 1 is 0.930 bits per heavy atom. The molecule has 10 heteroatoms. The van der Waals surface area contributed by atoms with Crippen molar-refractivity contribution in [2.75, 3.05) is 33.3 Å². The van der Waals surface area contributed by atoms with Crippen LogP contribution in [0.1, 0.15) is 51.3 Å². The summed E-state index contributed by atoms with van der Waals surface area (Å²) in [4.78, 5) is 16.5. The summed E-state index contributed by atoms with van der Waals surface area (Å²) in [6, 6.07) is 19.1. The van der Waals surface area contributed by atoms with Crippen molar-refractivity contribution in [2.45, 2.75) is 65.1 Å². The first-order valence-corrected chi connectivity index (χ1v) is 16.0. The van der Waals surface area contributed by atoms with Gasteiger partial charge < -0.3 is 14.7 Å². The zero-order chi connectivity index (χ0) is 32.2. The number of benzene rings is 3. The lowest BCUT2D eigenvalue weighted by Gasteiger charge is -2.35. The number of amides is 1. The highest BCUT2D eigenvalue weighted by molar-refractivity contribution is 7.89. The van der Waals surface area contributed by atoms with Gasteiger partial charge in [0.25, 0.3) is 0 Å². The van der Waals surface area contributed by atoms with Crippen molar-refractivity contribution in [3.05, 3.63) is 89.2 Å². The zero-order valence-corrected chi connectivity index (χ0v) is 27.2. The van der Waals surface area contributed by atoms with Crippen LogP contribution in [0.3, 0.4) is 0 Å². The van der Waals surface area contributed by atoms with Crippen molar-refractivity contribution >= 4 is 16.1 Å². The number of nitrogens with one attached hydrogen (secondary N) is 1. The molecule has 0 unspecified atom stereocenters. The second-order valence-electron chi connectivity index (χ2n) is 10.9. The predicted molar refractivity (Wildman–Crippen MR) is 170 cm³/mol. The van der Waals surface area contributed by atoms with Crippen LogP contribution in [-0.4, -0.2) is 68.3 Å². The monoisotopic (exact) mass is 615 g/mol. The van der Waals surface area contributed by atoms with Crippen LogP contribution in [0.25, 0.3) is 11.1 Å². The van der Waals surface area contributed by atoms with E-state index < -0.39 is 15.6 Å². The standard InChI is InChI=1S/C30H36FN3O4S.C2H6.CH4O/c1-22-7-5-10-26(17-22)39(36,37)32-20-23-11-12-28(31)27(19-23)25-9-6-8-24(18-25)21-33-13-15-34(16-14-33)29(35)38-30(2,3)4;2*1-2/h5-12,17-19,32H,13-16,20-21H2,1-4H3;1-2H3;2H,1H3. The van der Waals surface area contributed by atoms with Gasteiger partial charge in [0.05, 0.1) is 4.90 Å². The highest BCUT2D eigenvalue weighted by Crippen LogP contribution is 2.26. The molecule has 0 radical (unpaired) electrons. The number of halogens is 1. The van der Waals surface area contributed by atoms with Gasteiger partial charge in [-0.3, -0.25) is 4.90 Å². The summed E-state index contributed by atoms with van der Waals surface area (Å²) >= 11 is 0. The summed E-state index contributed by atoms with van der Waals surface area (Å²) in [6.07, 6.45) is -0.291. The maximum atomic E-state index is 14.9. The molecule has 1 saturated heterocycles. The molecule has 1 heterocycles. The van der Waals surface area contributed by atoms with Gasteiger partial charge in [0.15, 0.2) is 0 Å². The first kappa shape index (κ1) is 35.9. The number of hydrogen-bond donors (Lipinski definition) is 2. The highest BCUT2D eigenvalue weighted by atomic mass is 32.2. The van der Waals surface area contributed by atoms with Gasteiger partial charge in [-0.15, -0.1) is 0 Å². The van der Waals surface area contributed by atoms with Crippen LogP contribution >= 0.6 is 0 Å². The van der Waals surface area contributed by atoms with Gasteiger partial charge in [0, 0.05) is 51.9 Å². The van der Waals surface area contributed by atoms with E-state index in [0.717, 1.165) is 23.8 Å². The molecule has 1 fully saturated rings. The number of aryl methyl sites for hydroxylation is 1. The molecule has 4 rings (SSSR count). The summed E-state index contributed by atoms with van der Waals surface area (Å²) in [5, 5.41) is 7.00. The molecular formula is C33H46FN3O5S. The van der Waals surface area contributed by atoms with Gasteiger partial charge in [-0.05, 0) is 80.3 Å². The number of carbonyl (C=O) groups is 1. The summed E-state index contributed by atoms with van der Waals surface area (Å²) in [5.74, 6) is -0.372. The van der Waals surface area contributed by atoms with E-state index in [-0.39, 0.29) is 23.4 Å². The molecule has 0 saturated carbocycles. The molecule has 0 spiro atoms. The number of piperazine rings is 1. The first-order chi connectivity index (χ1) is 20.4. The quantitative estimate of drug-likeness (QED) is 0.340. The Labute approximate surface area is 256 Å². The van der Waals surface area contributed by atoms with Gasteiger partial charge in [0.2, 0.25) is 10.0 Å². The molecule has 236 valence electrons. The maximum absolute atomic E-state index is 14.9. The van der Waals surface area contributed by atoms with E-state index in [1.807, 2.05) is 71.9 Å². The van der Waals surface area contributed by atoms with Crippen LogP contribution in [-0.2, 0) is 27.8 Å². The van der Waals surface area contributed by atoms with Crippen LogP contribution in [0, 0.1) is 12.7 Å². The van der Waals surface area contributed by atoms with Crippen LogP contribution in [0.2, 0.25) is 0 Å². The molecule has 0 aliphatic carbocycles. The summed E-state index contributed by atoms with van der Waals surface area (Å²) in [6.45, 7) is 14.7. The van der Waals surface area contributed by atoms with Crippen molar-refractivity contribution < 1.29 is 27.4 Å². The van der Waals surface area contributed by atoms with Crippen LogP contribution in [0.5, 0.6) is 0 Å². The number of carbonyl (C=O) groups excluding carboxylic acids is 1. The van der Waals surface area contributed by atoms with Crippen molar-refractivity contribution in [3.8, 4) is 11.1 Å². The van der Waals surface area contributed by atoms with E-state index in [0.29, 0.717) is 43.9 Å². The number of aliphatic hydroxyl groups excluding tert-OH is 1. The van der Waals surface area contributed by atoms with E-state index in [4.69, 9.17) is 9.84 Å². The van der Waals surface area contributed by atoms with E-state index in [1.54, 1.807) is 35.2 Å². The van der Waals surface area contributed by atoms with E-state index >= 15 is 0 Å². The second kappa shape index (κ2) is 16.5. The molecule has 0 atom stereocenters. The molecule has 2 N–H and O–H groups in total. The minimum absolute atomic E-state index is 0.0468. The molecular weight excluding hydrogens is 569 g/mol. The topological polar surface area (TPSA) is 99.2 Å². The average Bonchev–Trinajstić information content (AvgIpc) is 2.98. The third-order valence-electron chi connectivity index (χ3n) is 6.47. The minimum atomic E-state index is -3.69. The van der Waals surface area contributed by atoms with Crippen LogP contribution in [0.4, 0.5) is 9.18 Å². The molecule has 0 aromatic heterocycles. The van der Waals surface area contributed by atoms with Gasteiger partial charge in [-0.2, -0.15) is 0 Å². The first-order valence-electron chi connectivity index (χ1n) is 14.5. The largest absolute Gasteiger partial charge is 0.444 e. The number of ether oxygens (including phenoxy) is 1. The fourth-order valence-electron chi connectivity index (χ4n) is 4.46.